The highest BCUT2D eigenvalue weighted by molar-refractivity contribution is 6.01. The number of aryl methyl sites for hydroxylation is 1. The largest absolute Gasteiger partial charge is 0.364 e. The molecule has 0 bridgehead atoms. The number of nitrogens with zero attached hydrogens (tertiary/aromatic N) is 4. The van der Waals surface area contributed by atoms with Crippen LogP contribution in [0.1, 0.15) is 53.7 Å². The van der Waals surface area contributed by atoms with Crippen molar-refractivity contribution in [2.24, 2.45) is 7.05 Å². The van der Waals surface area contributed by atoms with Crippen LogP contribution in [0.2, 0.25) is 0 Å². The van der Waals surface area contributed by atoms with Gasteiger partial charge in [0.2, 0.25) is 0 Å². The Morgan fingerprint density at radius 1 is 1.18 bits per heavy atom. The number of carbonyl (C=O) groups is 2. The summed E-state index contributed by atoms with van der Waals surface area (Å²) in [7, 11) is 1.81. The Morgan fingerprint density at radius 2 is 1.93 bits per heavy atom. The molecule has 0 spiro atoms. The number of hydrogen-bond donors (Lipinski definition) is 1. The van der Waals surface area contributed by atoms with Gasteiger partial charge in [-0.15, -0.1) is 0 Å². The molecule has 1 aromatic carbocycles. The van der Waals surface area contributed by atoms with Crippen LogP contribution in [0.25, 0.3) is 0 Å². The number of para-hydroxylation sites is 1. The Labute approximate surface area is 165 Å². The molecule has 0 radical (unpaired) electrons. The number of hydrogen-bond acceptors (Lipinski definition) is 4. The molecule has 2 aromatic rings. The second-order valence-electron chi connectivity index (χ2n) is 8.57. The summed E-state index contributed by atoms with van der Waals surface area (Å²) in [5, 5.41) is 7.98. The number of aromatic nitrogens is 2. The fourth-order valence-electron chi connectivity index (χ4n) is 3.85. The second kappa shape index (κ2) is 6.65. The van der Waals surface area contributed by atoms with Crippen molar-refractivity contribution in [1.29, 1.82) is 0 Å². The number of nitrogens with one attached hydrogen (secondary N) is 1. The molecule has 28 heavy (non-hydrogen) atoms. The molecule has 1 aromatic heterocycles. The lowest BCUT2D eigenvalue weighted by Gasteiger charge is -2.36. The number of carbonyl (C=O) groups excluding carboxylic acids is 2. The lowest BCUT2D eigenvalue weighted by Crippen LogP contribution is -2.49. The Balaban J connectivity index is 1.54. The molecule has 0 aliphatic carbocycles. The molecule has 1 N–H and O–H groups in total. The van der Waals surface area contributed by atoms with Crippen molar-refractivity contribution in [1.82, 2.24) is 19.6 Å². The van der Waals surface area contributed by atoms with Crippen molar-refractivity contribution in [2.45, 2.75) is 38.8 Å². The normalized spacial score (nSPS) is 19.6. The van der Waals surface area contributed by atoms with Crippen molar-refractivity contribution in [3.05, 3.63) is 47.3 Å². The van der Waals surface area contributed by atoms with Gasteiger partial charge in [0.1, 0.15) is 11.9 Å². The molecule has 2 amide bonds. The lowest BCUT2D eigenvalue weighted by molar-refractivity contribution is 0.0675. The summed E-state index contributed by atoms with van der Waals surface area (Å²) in [4.78, 5) is 29.7. The molecule has 2 aliphatic heterocycles. The van der Waals surface area contributed by atoms with Crippen LogP contribution in [-0.2, 0) is 12.5 Å². The first kappa shape index (κ1) is 18.5. The van der Waals surface area contributed by atoms with E-state index in [-0.39, 0.29) is 23.4 Å². The minimum atomic E-state index is -0.113. The van der Waals surface area contributed by atoms with Crippen LogP contribution in [0, 0.1) is 0 Å². The first-order valence-electron chi connectivity index (χ1n) is 9.76. The van der Waals surface area contributed by atoms with E-state index in [1.807, 2.05) is 47.2 Å². The number of benzene rings is 1. The molecule has 7 heteroatoms. The number of fused-ring (bicyclic) bond motifs is 2. The fraction of sp³-hybridized carbons (Fsp3) is 0.476. The molecule has 148 valence electrons. The summed E-state index contributed by atoms with van der Waals surface area (Å²) in [5.74, 6) is -0.000453. The number of rotatable bonds is 1. The Hall–Kier alpha value is -2.83. The maximum Gasteiger partial charge on any atom is 0.272 e. The van der Waals surface area contributed by atoms with E-state index in [1.165, 1.54) is 0 Å². The van der Waals surface area contributed by atoms with Gasteiger partial charge >= 0.3 is 0 Å². The van der Waals surface area contributed by atoms with E-state index in [1.54, 1.807) is 4.68 Å². The minimum absolute atomic E-state index is 0.0317. The molecule has 1 unspecified atom stereocenters. The van der Waals surface area contributed by atoms with E-state index in [0.717, 1.165) is 11.4 Å². The fourth-order valence-corrected chi connectivity index (χ4v) is 3.85. The van der Waals surface area contributed by atoms with E-state index in [4.69, 9.17) is 0 Å². The average Bonchev–Trinajstić information content (AvgIpc) is 2.92. The third kappa shape index (κ3) is 3.15. The molecular formula is C21H27N5O2. The zero-order valence-electron chi connectivity index (χ0n) is 16.9. The predicted octanol–water partition coefficient (Wildman–Crippen LogP) is 2.46. The smallest absolute Gasteiger partial charge is 0.272 e. The van der Waals surface area contributed by atoms with Crippen LogP contribution in [0.4, 0.5) is 5.69 Å². The minimum Gasteiger partial charge on any atom is -0.364 e. The zero-order valence-corrected chi connectivity index (χ0v) is 16.9. The average molecular weight is 381 g/mol. The highest BCUT2D eigenvalue weighted by Crippen LogP contribution is 2.28. The van der Waals surface area contributed by atoms with Crippen LogP contribution < -0.4 is 5.32 Å². The van der Waals surface area contributed by atoms with Crippen molar-refractivity contribution in [2.75, 3.05) is 25.0 Å². The van der Waals surface area contributed by atoms with E-state index in [0.29, 0.717) is 37.3 Å². The van der Waals surface area contributed by atoms with E-state index >= 15 is 0 Å². The van der Waals surface area contributed by atoms with Crippen molar-refractivity contribution < 1.29 is 9.59 Å². The van der Waals surface area contributed by atoms with Gasteiger partial charge in [-0.2, -0.15) is 5.10 Å². The van der Waals surface area contributed by atoms with Gasteiger partial charge in [-0.05, 0) is 18.2 Å². The summed E-state index contributed by atoms with van der Waals surface area (Å²) in [6, 6.07) is 9.47. The Kier molecular flexibility index (Phi) is 4.40. The lowest BCUT2D eigenvalue weighted by atomic mass is 9.92. The van der Waals surface area contributed by atoms with Gasteiger partial charge in [-0.1, -0.05) is 32.9 Å². The SMILES string of the molecule is Cn1nc(C(C)(C)C)cc1C(=O)N1CCC2Nc3ccccc3C(=O)N2CC1. The van der Waals surface area contributed by atoms with Crippen LogP contribution in [-0.4, -0.2) is 57.2 Å². The maximum absolute atomic E-state index is 13.2. The van der Waals surface area contributed by atoms with Crippen LogP contribution in [0.5, 0.6) is 0 Å². The summed E-state index contributed by atoms with van der Waals surface area (Å²) in [6.45, 7) is 7.88. The second-order valence-corrected chi connectivity index (χ2v) is 8.57. The monoisotopic (exact) mass is 381 g/mol. The highest BCUT2D eigenvalue weighted by Gasteiger charge is 2.35. The molecular weight excluding hydrogens is 354 g/mol. The maximum atomic E-state index is 13.2. The first-order chi connectivity index (χ1) is 13.3. The molecule has 0 saturated carbocycles. The summed E-state index contributed by atoms with van der Waals surface area (Å²) < 4.78 is 1.67. The van der Waals surface area contributed by atoms with Crippen molar-refractivity contribution >= 4 is 17.5 Å². The van der Waals surface area contributed by atoms with Gasteiger partial charge in [0, 0.05) is 44.2 Å². The molecule has 4 rings (SSSR count). The highest BCUT2D eigenvalue weighted by atomic mass is 16.2. The van der Waals surface area contributed by atoms with Gasteiger partial charge in [0.05, 0.1) is 11.3 Å². The summed E-state index contributed by atoms with van der Waals surface area (Å²) in [5.41, 5.74) is 2.94. The van der Waals surface area contributed by atoms with Gasteiger partial charge in [-0.3, -0.25) is 14.3 Å². The van der Waals surface area contributed by atoms with E-state index in [9.17, 15) is 9.59 Å². The van der Waals surface area contributed by atoms with Crippen molar-refractivity contribution in [3.8, 4) is 0 Å². The van der Waals surface area contributed by atoms with Crippen molar-refractivity contribution in [3.63, 3.8) is 0 Å². The zero-order chi connectivity index (χ0) is 20.1. The number of anilines is 1. The quantitative estimate of drug-likeness (QED) is 0.824. The van der Waals surface area contributed by atoms with Gasteiger partial charge < -0.3 is 15.1 Å². The third-order valence-electron chi connectivity index (χ3n) is 5.55. The Morgan fingerprint density at radius 3 is 2.64 bits per heavy atom. The molecule has 1 fully saturated rings. The third-order valence-corrected chi connectivity index (χ3v) is 5.55. The molecule has 2 aliphatic rings. The molecule has 7 nitrogen and oxygen atoms in total. The molecule has 1 atom stereocenters. The first-order valence-corrected chi connectivity index (χ1v) is 9.76. The summed E-state index contributed by atoms with van der Waals surface area (Å²) >= 11 is 0. The Bertz CT molecular complexity index is 927. The number of amides is 2. The topological polar surface area (TPSA) is 70.5 Å². The molecule has 3 heterocycles. The van der Waals surface area contributed by atoms with Gasteiger partial charge in [-0.25, -0.2) is 0 Å². The predicted molar refractivity (Wildman–Crippen MR) is 107 cm³/mol. The van der Waals surface area contributed by atoms with E-state index in [2.05, 4.69) is 31.2 Å². The standard InChI is InChI=1S/C21H27N5O2/c1-21(2,3)17-13-16(24(4)23-17)20(28)25-10-9-18-22-15-8-6-5-7-14(15)19(27)26(18)12-11-25/h5-8,13,18,22H,9-12H2,1-4H3. The van der Waals surface area contributed by atoms with Gasteiger partial charge in [0.15, 0.2) is 0 Å². The van der Waals surface area contributed by atoms with Gasteiger partial charge in [0.25, 0.3) is 11.8 Å². The van der Waals surface area contributed by atoms with E-state index < -0.39 is 0 Å². The van der Waals surface area contributed by atoms with Crippen LogP contribution in [0.15, 0.2) is 30.3 Å². The van der Waals surface area contributed by atoms with Crippen LogP contribution in [0.3, 0.4) is 0 Å². The summed E-state index contributed by atoms with van der Waals surface area (Å²) in [6.07, 6.45) is 0.604. The van der Waals surface area contributed by atoms with Crippen LogP contribution >= 0.6 is 0 Å². The molecule has 1 saturated heterocycles.